The number of benzene rings is 2. The van der Waals surface area contributed by atoms with Crippen LogP contribution in [0.5, 0.6) is 0 Å². The maximum atomic E-state index is 5.63. The second-order valence-corrected chi connectivity index (χ2v) is 10.4. The Labute approximate surface area is 210 Å². The van der Waals surface area contributed by atoms with Gasteiger partial charge in [0.1, 0.15) is 0 Å². The van der Waals surface area contributed by atoms with E-state index in [0.29, 0.717) is 0 Å². The average Bonchev–Trinajstić information content (AvgIpc) is 2.88. The molecule has 0 spiro atoms. The monoisotopic (exact) mass is 460 g/mol. The van der Waals surface area contributed by atoms with Crippen molar-refractivity contribution in [1.82, 2.24) is 0 Å². The summed E-state index contributed by atoms with van der Waals surface area (Å²) in [7, 11) is 0. The van der Waals surface area contributed by atoms with Gasteiger partial charge in [0.05, 0.1) is 6.61 Å². The summed E-state index contributed by atoms with van der Waals surface area (Å²) in [5.41, 5.74) is 5.74. The first-order chi connectivity index (χ1) is 16.8. The summed E-state index contributed by atoms with van der Waals surface area (Å²) in [6, 6.07) is 18.5. The van der Waals surface area contributed by atoms with Gasteiger partial charge < -0.3 is 4.74 Å². The third kappa shape index (κ3) is 10.2. The molecule has 1 heteroatoms. The molecule has 34 heavy (non-hydrogen) atoms. The summed E-state index contributed by atoms with van der Waals surface area (Å²) >= 11 is 0. The van der Waals surface area contributed by atoms with Crippen molar-refractivity contribution in [1.29, 1.82) is 0 Å². The van der Waals surface area contributed by atoms with Gasteiger partial charge in [0, 0.05) is 6.61 Å². The van der Waals surface area contributed by atoms with Gasteiger partial charge in [-0.25, -0.2) is 0 Å². The molecule has 0 N–H and O–H groups in total. The first kappa shape index (κ1) is 26.7. The summed E-state index contributed by atoms with van der Waals surface area (Å²) in [6.07, 6.45) is 21.7. The Balaban J connectivity index is 1.28. The number of unbranched alkanes of at least 4 members (excludes halogenated alkanes) is 2. The van der Waals surface area contributed by atoms with Crippen molar-refractivity contribution in [3.8, 4) is 0 Å². The molecule has 0 heterocycles. The Bertz CT molecular complexity index is 793. The third-order valence-electron chi connectivity index (χ3n) is 7.44. The molecule has 1 nitrogen and oxygen atoms in total. The predicted octanol–water partition coefficient (Wildman–Crippen LogP) is 9.27. The summed E-state index contributed by atoms with van der Waals surface area (Å²) in [5.74, 6) is 1.79. The highest BCUT2D eigenvalue weighted by Gasteiger charge is 2.19. The molecule has 0 amide bonds. The van der Waals surface area contributed by atoms with Crippen molar-refractivity contribution >= 4 is 0 Å². The minimum atomic E-state index is 0.738. The van der Waals surface area contributed by atoms with E-state index in [-0.39, 0.29) is 0 Å². The van der Waals surface area contributed by atoms with Crippen LogP contribution in [0.1, 0.15) is 100 Å². The molecule has 2 aromatic rings. The summed E-state index contributed by atoms with van der Waals surface area (Å²) in [6.45, 7) is 6.00. The number of allylic oxidation sites excluding steroid dienone is 2. The zero-order valence-electron chi connectivity index (χ0n) is 21.9. The highest BCUT2D eigenvalue weighted by Crippen LogP contribution is 2.32. The van der Waals surface area contributed by atoms with Crippen LogP contribution < -0.4 is 0 Å². The molecule has 0 radical (unpaired) electrons. The Kier molecular flexibility index (Phi) is 12.5. The maximum Gasteiger partial charge on any atom is 0.0716 e. The number of ether oxygens (including phenoxy) is 1. The smallest absolute Gasteiger partial charge is 0.0716 e. The second-order valence-electron chi connectivity index (χ2n) is 10.4. The van der Waals surface area contributed by atoms with Crippen LogP contribution in [0.25, 0.3) is 0 Å². The van der Waals surface area contributed by atoms with Crippen LogP contribution in [0, 0.1) is 11.8 Å². The Morgan fingerprint density at radius 2 is 1.26 bits per heavy atom. The fraction of sp³-hybridized carbons (Fsp3) is 0.576. The summed E-state index contributed by atoms with van der Waals surface area (Å²) in [5, 5.41) is 0. The van der Waals surface area contributed by atoms with E-state index >= 15 is 0 Å². The molecular formula is C33H48O. The molecule has 2 aromatic carbocycles. The van der Waals surface area contributed by atoms with Crippen molar-refractivity contribution < 1.29 is 4.74 Å². The minimum absolute atomic E-state index is 0.738. The molecule has 0 aromatic heterocycles. The third-order valence-corrected chi connectivity index (χ3v) is 7.44. The van der Waals surface area contributed by atoms with Crippen LogP contribution in [-0.2, 0) is 30.6 Å². The minimum Gasteiger partial charge on any atom is -0.377 e. The SMILES string of the molecule is CCC/C=C/[C@H]1CC[C@H](CCc2ccc(CCCCc3ccc(COCCC)cc3)cc2)CC1. The van der Waals surface area contributed by atoms with Gasteiger partial charge in [-0.15, -0.1) is 0 Å². The number of hydrogen-bond acceptors (Lipinski definition) is 1. The molecule has 1 saturated carbocycles. The van der Waals surface area contributed by atoms with Gasteiger partial charge in [-0.1, -0.05) is 81.0 Å². The van der Waals surface area contributed by atoms with Crippen LogP contribution in [-0.4, -0.2) is 6.61 Å². The molecule has 186 valence electrons. The average molecular weight is 461 g/mol. The molecule has 3 rings (SSSR count). The first-order valence-corrected chi connectivity index (χ1v) is 14.2. The zero-order chi connectivity index (χ0) is 23.8. The van der Waals surface area contributed by atoms with Gasteiger partial charge in [0.2, 0.25) is 0 Å². The van der Waals surface area contributed by atoms with Crippen molar-refractivity contribution in [3.63, 3.8) is 0 Å². The normalized spacial score (nSPS) is 18.5. The van der Waals surface area contributed by atoms with Crippen LogP contribution in [0.3, 0.4) is 0 Å². The predicted molar refractivity (Wildman–Crippen MR) is 147 cm³/mol. The van der Waals surface area contributed by atoms with Gasteiger partial charge in [0.25, 0.3) is 0 Å². The highest BCUT2D eigenvalue weighted by atomic mass is 16.5. The highest BCUT2D eigenvalue weighted by molar-refractivity contribution is 5.24. The van der Waals surface area contributed by atoms with Gasteiger partial charge >= 0.3 is 0 Å². The van der Waals surface area contributed by atoms with Crippen LogP contribution in [0.2, 0.25) is 0 Å². The molecule has 0 saturated heterocycles. The molecule has 1 fully saturated rings. The quantitative estimate of drug-likeness (QED) is 0.190. The molecule has 0 aliphatic heterocycles. The lowest BCUT2D eigenvalue weighted by atomic mass is 9.79. The topological polar surface area (TPSA) is 9.23 Å². The van der Waals surface area contributed by atoms with Crippen LogP contribution >= 0.6 is 0 Å². The van der Waals surface area contributed by atoms with Crippen molar-refractivity contribution in [2.75, 3.05) is 6.61 Å². The first-order valence-electron chi connectivity index (χ1n) is 14.2. The maximum absolute atomic E-state index is 5.63. The Morgan fingerprint density at radius 1 is 0.706 bits per heavy atom. The number of aryl methyl sites for hydroxylation is 3. The van der Waals surface area contributed by atoms with E-state index < -0.39 is 0 Å². The molecule has 0 bridgehead atoms. The molecule has 1 aliphatic carbocycles. The van der Waals surface area contributed by atoms with E-state index in [1.807, 2.05) is 0 Å². The van der Waals surface area contributed by atoms with Gasteiger partial charge in [-0.3, -0.25) is 0 Å². The van der Waals surface area contributed by atoms with E-state index in [2.05, 4.69) is 74.5 Å². The standard InChI is InChI=1S/C33H48O/c1-3-5-6-9-28-12-16-31(17-13-28)20-21-32-18-14-29(15-19-32)10-7-8-11-30-22-24-33(25-23-30)27-34-26-4-2/h6,9,14-15,18-19,22-25,28,31H,3-5,7-8,10-13,16-17,20-21,26-27H2,1-2H3/b9-6+/t28-,31-. The lowest BCUT2D eigenvalue weighted by Gasteiger charge is -2.26. The number of rotatable bonds is 15. The van der Waals surface area contributed by atoms with E-state index in [1.165, 1.54) is 99.3 Å². The van der Waals surface area contributed by atoms with Gasteiger partial charge in [-0.2, -0.15) is 0 Å². The van der Waals surface area contributed by atoms with E-state index in [9.17, 15) is 0 Å². The molecular weight excluding hydrogens is 412 g/mol. The zero-order valence-corrected chi connectivity index (χ0v) is 21.9. The Morgan fingerprint density at radius 3 is 1.82 bits per heavy atom. The fourth-order valence-corrected chi connectivity index (χ4v) is 5.16. The number of hydrogen-bond donors (Lipinski definition) is 0. The second kappa shape index (κ2) is 15.9. The van der Waals surface area contributed by atoms with Crippen molar-refractivity contribution in [2.24, 2.45) is 11.8 Å². The Hall–Kier alpha value is -1.86. The van der Waals surface area contributed by atoms with Gasteiger partial charge in [-0.05, 0) is 111 Å². The lowest BCUT2D eigenvalue weighted by Crippen LogP contribution is -2.13. The van der Waals surface area contributed by atoms with Crippen LogP contribution in [0.15, 0.2) is 60.7 Å². The van der Waals surface area contributed by atoms with E-state index in [0.717, 1.165) is 31.5 Å². The van der Waals surface area contributed by atoms with Crippen molar-refractivity contribution in [2.45, 2.75) is 104 Å². The summed E-state index contributed by atoms with van der Waals surface area (Å²) < 4.78 is 5.63. The van der Waals surface area contributed by atoms with Crippen molar-refractivity contribution in [3.05, 3.63) is 82.9 Å². The fourth-order valence-electron chi connectivity index (χ4n) is 5.16. The van der Waals surface area contributed by atoms with E-state index in [1.54, 1.807) is 0 Å². The van der Waals surface area contributed by atoms with Crippen LogP contribution in [0.4, 0.5) is 0 Å². The lowest BCUT2D eigenvalue weighted by molar-refractivity contribution is 0.121. The van der Waals surface area contributed by atoms with E-state index in [4.69, 9.17) is 4.74 Å². The molecule has 0 unspecified atom stereocenters. The largest absolute Gasteiger partial charge is 0.377 e. The summed E-state index contributed by atoms with van der Waals surface area (Å²) in [4.78, 5) is 0. The van der Waals surface area contributed by atoms with Gasteiger partial charge in [0.15, 0.2) is 0 Å². The molecule has 1 aliphatic rings. The molecule has 0 atom stereocenters.